The minimum absolute atomic E-state index is 0.323. The highest BCUT2D eigenvalue weighted by Crippen LogP contribution is 2.43. The summed E-state index contributed by atoms with van der Waals surface area (Å²) in [6.07, 6.45) is 2.21. The lowest BCUT2D eigenvalue weighted by molar-refractivity contribution is 0.669. The zero-order valence-corrected chi connectivity index (χ0v) is 25.5. The van der Waals surface area contributed by atoms with Crippen LogP contribution in [-0.2, 0) is 0 Å². The smallest absolute Gasteiger partial charge is 0.137 e. The topological polar surface area (TPSA) is 114 Å². The van der Waals surface area contributed by atoms with Crippen LogP contribution in [0.4, 0.5) is 0 Å². The Kier molecular flexibility index (Phi) is 6.06. The first-order valence-corrected chi connectivity index (χ1v) is 15.7. The zero-order chi connectivity index (χ0) is 32.4. The summed E-state index contributed by atoms with van der Waals surface area (Å²) in [6.45, 7) is 0. The van der Waals surface area contributed by atoms with Crippen LogP contribution in [-0.4, -0.2) is 10.4 Å². The van der Waals surface area contributed by atoms with Crippen molar-refractivity contribution in [2.45, 2.75) is 12.5 Å². The Morgan fingerprint density at radius 3 is 2.33 bits per heavy atom. The molecule has 224 valence electrons. The van der Waals surface area contributed by atoms with Crippen LogP contribution < -0.4 is 5.32 Å². The number of rotatable bonds is 3. The average molecular weight is 617 g/mol. The van der Waals surface area contributed by atoms with Gasteiger partial charge in [-0.05, 0) is 35.9 Å². The highest BCUT2D eigenvalue weighted by atomic mass is 16.3. The van der Waals surface area contributed by atoms with Crippen molar-refractivity contribution in [1.29, 1.82) is 15.8 Å². The molecule has 1 aliphatic carbocycles. The minimum atomic E-state index is -0.590. The molecule has 0 amide bonds. The second-order valence-corrected chi connectivity index (χ2v) is 12.1. The second-order valence-electron chi connectivity index (χ2n) is 12.1. The molecule has 0 saturated carbocycles. The van der Waals surface area contributed by atoms with Crippen molar-refractivity contribution in [3.63, 3.8) is 0 Å². The van der Waals surface area contributed by atoms with Crippen molar-refractivity contribution in [3.8, 4) is 23.9 Å². The fourth-order valence-corrected chi connectivity index (χ4v) is 7.23. The number of furan rings is 1. The van der Waals surface area contributed by atoms with Crippen molar-refractivity contribution < 1.29 is 4.42 Å². The van der Waals surface area contributed by atoms with E-state index in [-0.39, 0.29) is 0 Å². The van der Waals surface area contributed by atoms with Crippen molar-refractivity contribution in [3.05, 3.63) is 149 Å². The van der Waals surface area contributed by atoms with E-state index < -0.39 is 12.0 Å². The molecular weight excluding hydrogens is 592 g/mol. The van der Waals surface area contributed by atoms with E-state index in [2.05, 4.69) is 58.4 Å². The molecule has 7 heteroatoms. The van der Waals surface area contributed by atoms with Crippen LogP contribution >= 0.6 is 0 Å². The Balaban J connectivity index is 1.26. The van der Waals surface area contributed by atoms with E-state index in [4.69, 9.17) is 9.41 Å². The predicted octanol–water partition coefficient (Wildman–Crippen LogP) is 8.89. The van der Waals surface area contributed by atoms with Gasteiger partial charge in [-0.1, -0.05) is 78.9 Å². The third kappa shape index (κ3) is 4.07. The number of hydrogen-bond donors (Lipinski definition) is 1. The fourth-order valence-electron chi connectivity index (χ4n) is 7.23. The number of amidine groups is 1. The molecule has 5 aromatic carbocycles. The van der Waals surface area contributed by atoms with Crippen LogP contribution in [0.1, 0.15) is 29.2 Å². The van der Waals surface area contributed by atoms with E-state index in [9.17, 15) is 15.8 Å². The molecule has 2 aliphatic rings. The predicted molar refractivity (Wildman–Crippen MR) is 186 cm³/mol. The molecule has 7 aromatic rings. The van der Waals surface area contributed by atoms with Crippen LogP contribution in [0.2, 0.25) is 0 Å². The number of nitriles is 3. The summed E-state index contributed by atoms with van der Waals surface area (Å²) in [4.78, 5) is 5.11. The number of allylic oxidation sites excluding steroid dienone is 2. The third-order valence-electron chi connectivity index (χ3n) is 9.42. The number of nitrogens with zero attached hydrogens (tertiary/aromatic N) is 5. The monoisotopic (exact) mass is 616 g/mol. The lowest BCUT2D eigenvalue weighted by atomic mass is 9.82. The Bertz CT molecular complexity index is 2720. The Labute approximate surface area is 275 Å². The van der Waals surface area contributed by atoms with Crippen LogP contribution in [0.5, 0.6) is 0 Å². The summed E-state index contributed by atoms with van der Waals surface area (Å²) in [7, 11) is 0. The summed E-state index contributed by atoms with van der Waals surface area (Å²) in [5.41, 5.74) is 8.39. The third-order valence-corrected chi connectivity index (χ3v) is 9.42. The van der Waals surface area contributed by atoms with Gasteiger partial charge in [-0.2, -0.15) is 15.8 Å². The number of aromatic nitrogens is 1. The van der Waals surface area contributed by atoms with Gasteiger partial charge in [-0.3, -0.25) is 4.99 Å². The van der Waals surface area contributed by atoms with Gasteiger partial charge in [-0.15, -0.1) is 0 Å². The molecule has 9 rings (SSSR count). The molecule has 0 fully saturated rings. The standard InChI is InChI=1S/C41H24N6O/c42-21-24-16-27(23-44)39-34(17-24)40(46-41(45-39)25-8-2-1-3-9-25)29-15-14-28(18-26(29)22-43)47-35-12-6-4-10-30(35)32-19-33-31-11-5-7-13-37(31)48-38(33)20-36(32)47/h1-15,17-20,24,40H,16H2,(H,45,46). The highest BCUT2D eigenvalue weighted by Gasteiger charge is 2.34. The number of benzene rings is 5. The molecule has 1 aliphatic heterocycles. The van der Waals surface area contributed by atoms with Crippen LogP contribution in [0.15, 0.2) is 142 Å². The number of hydrogen-bond acceptors (Lipinski definition) is 6. The molecule has 0 bridgehead atoms. The number of nitrogens with one attached hydrogen (secondary N) is 1. The van der Waals surface area contributed by atoms with Crippen LogP contribution in [0.3, 0.4) is 0 Å². The van der Waals surface area contributed by atoms with E-state index in [1.807, 2.05) is 84.9 Å². The van der Waals surface area contributed by atoms with E-state index >= 15 is 0 Å². The van der Waals surface area contributed by atoms with Gasteiger partial charge in [0.25, 0.3) is 0 Å². The first-order chi connectivity index (χ1) is 23.6. The fraction of sp³-hybridized carbons (Fsp3) is 0.0732. The summed E-state index contributed by atoms with van der Waals surface area (Å²) in [5, 5.41) is 38.3. The molecule has 2 unspecified atom stereocenters. The maximum atomic E-state index is 10.6. The number of fused-ring (bicyclic) bond motifs is 7. The summed E-state index contributed by atoms with van der Waals surface area (Å²) >= 11 is 0. The highest BCUT2D eigenvalue weighted by molar-refractivity contribution is 6.17. The van der Waals surface area contributed by atoms with Gasteiger partial charge in [0.05, 0.1) is 52.0 Å². The average Bonchev–Trinajstić information content (AvgIpc) is 3.67. The van der Waals surface area contributed by atoms with Gasteiger partial charge in [0.2, 0.25) is 0 Å². The minimum Gasteiger partial charge on any atom is -0.456 e. The molecule has 2 aromatic heterocycles. The summed E-state index contributed by atoms with van der Waals surface area (Å²) < 4.78 is 8.46. The first-order valence-electron chi connectivity index (χ1n) is 15.7. The van der Waals surface area contributed by atoms with Crippen LogP contribution in [0, 0.1) is 39.9 Å². The molecule has 1 N–H and O–H groups in total. The largest absolute Gasteiger partial charge is 0.456 e. The molecule has 0 saturated heterocycles. The van der Waals surface area contributed by atoms with Crippen molar-refractivity contribution in [1.82, 2.24) is 9.88 Å². The Hall–Kier alpha value is -6.88. The van der Waals surface area contributed by atoms with Gasteiger partial charge >= 0.3 is 0 Å². The van der Waals surface area contributed by atoms with E-state index in [0.717, 1.165) is 60.6 Å². The lowest BCUT2D eigenvalue weighted by Crippen LogP contribution is -2.34. The van der Waals surface area contributed by atoms with E-state index in [1.165, 1.54) is 0 Å². The van der Waals surface area contributed by atoms with Crippen molar-refractivity contribution in [2.24, 2.45) is 10.9 Å². The van der Waals surface area contributed by atoms with Gasteiger partial charge in [0, 0.05) is 50.9 Å². The molecule has 2 atom stereocenters. The molecule has 48 heavy (non-hydrogen) atoms. The van der Waals surface area contributed by atoms with E-state index in [1.54, 1.807) is 0 Å². The normalized spacial score (nSPS) is 17.4. The van der Waals surface area contributed by atoms with Gasteiger partial charge in [0.15, 0.2) is 0 Å². The first kappa shape index (κ1) is 27.4. The van der Waals surface area contributed by atoms with Crippen LogP contribution in [0.25, 0.3) is 49.4 Å². The second kappa shape index (κ2) is 10.6. The van der Waals surface area contributed by atoms with Gasteiger partial charge < -0.3 is 14.3 Å². The Morgan fingerprint density at radius 2 is 1.52 bits per heavy atom. The maximum Gasteiger partial charge on any atom is 0.137 e. The van der Waals surface area contributed by atoms with Gasteiger partial charge in [-0.25, -0.2) is 0 Å². The molecule has 0 radical (unpaired) electrons. The summed E-state index contributed by atoms with van der Waals surface area (Å²) in [5.74, 6) is 0.148. The van der Waals surface area contributed by atoms with Gasteiger partial charge in [0.1, 0.15) is 23.0 Å². The number of aliphatic imine (C=N–C) groups is 1. The summed E-state index contributed by atoms with van der Waals surface area (Å²) in [6, 6.07) is 42.7. The lowest BCUT2D eigenvalue weighted by Gasteiger charge is -2.32. The van der Waals surface area contributed by atoms with Crippen molar-refractivity contribution >= 4 is 49.6 Å². The molecule has 3 heterocycles. The zero-order valence-electron chi connectivity index (χ0n) is 25.5. The Morgan fingerprint density at radius 1 is 0.729 bits per heavy atom. The quantitative estimate of drug-likeness (QED) is 0.213. The molecular formula is C41H24N6O. The molecule has 7 nitrogen and oxygen atoms in total. The molecule has 0 spiro atoms. The SMILES string of the molecule is N#CC1=C2NC(c3ccccc3)=NC(c3ccc(-n4c5ccccc5c5cc6c(cc54)oc4ccccc46)cc3C#N)C2=CC(C#N)C1. The maximum absolute atomic E-state index is 10.6. The van der Waals surface area contributed by atoms with Crippen molar-refractivity contribution in [2.75, 3.05) is 0 Å². The number of para-hydroxylation sites is 2. The van der Waals surface area contributed by atoms with E-state index in [0.29, 0.717) is 34.7 Å².